The molecule has 33 heavy (non-hydrogen) atoms. The maximum Gasteiger partial charge on any atom is 0.154 e. The third-order valence-electron chi connectivity index (χ3n) is 6.12. The van der Waals surface area contributed by atoms with Crippen LogP contribution in [0.4, 0.5) is 0 Å². The van der Waals surface area contributed by atoms with Crippen molar-refractivity contribution < 1.29 is 0 Å². The van der Waals surface area contributed by atoms with Crippen molar-refractivity contribution >= 4 is 48.7 Å². The van der Waals surface area contributed by atoms with Crippen molar-refractivity contribution in [3.63, 3.8) is 0 Å². The summed E-state index contributed by atoms with van der Waals surface area (Å²) in [6.07, 6.45) is 0. The van der Waals surface area contributed by atoms with E-state index in [2.05, 4.69) is 146 Å². The highest BCUT2D eigenvalue weighted by Gasteiger charge is 2.26. The summed E-state index contributed by atoms with van der Waals surface area (Å²) in [6.45, 7) is 2.34. The van der Waals surface area contributed by atoms with E-state index in [1.807, 2.05) is 0 Å². The molecule has 0 saturated carbocycles. The minimum Gasteiger partial charge on any atom is -0.0624 e. The van der Waals surface area contributed by atoms with Gasteiger partial charge in [0.1, 0.15) is 0 Å². The monoisotopic (exact) mass is 454 g/mol. The first-order valence-corrected chi connectivity index (χ1v) is 14.4. The molecule has 0 N–H and O–H groups in total. The van der Waals surface area contributed by atoms with E-state index in [1.165, 1.54) is 36.7 Å². The zero-order chi connectivity index (χ0) is 22.5. The van der Waals surface area contributed by atoms with Crippen molar-refractivity contribution in [2.75, 3.05) is 0 Å². The molecular formula is C31H26Si2. The van der Waals surface area contributed by atoms with Gasteiger partial charge in [-0.15, -0.1) is 0 Å². The Morgan fingerprint density at radius 1 is 0.333 bits per heavy atom. The van der Waals surface area contributed by atoms with E-state index in [1.54, 1.807) is 0 Å². The summed E-state index contributed by atoms with van der Waals surface area (Å²) < 4.78 is 0. The van der Waals surface area contributed by atoms with E-state index in [0.717, 1.165) is 0 Å². The minimum absolute atomic E-state index is 1.11. The van der Waals surface area contributed by atoms with Crippen LogP contribution in [0.15, 0.2) is 140 Å². The number of hydrogen-bond donors (Lipinski definition) is 0. The van der Waals surface area contributed by atoms with Gasteiger partial charge in [-0.1, -0.05) is 166 Å². The van der Waals surface area contributed by atoms with Gasteiger partial charge in [0.05, 0.1) is 0 Å². The maximum absolute atomic E-state index is 2.36. The second kappa shape index (κ2) is 9.99. The lowest BCUT2D eigenvalue weighted by Crippen LogP contribution is -2.58. The van der Waals surface area contributed by atoms with Crippen molar-refractivity contribution in [2.24, 2.45) is 0 Å². The van der Waals surface area contributed by atoms with Gasteiger partial charge >= 0.3 is 0 Å². The highest BCUT2D eigenvalue weighted by atomic mass is 28.3. The van der Waals surface area contributed by atoms with E-state index < -0.39 is 17.6 Å². The second-order valence-corrected chi connectivity index (χ2v) is 13.1. The third-order valence-corrected chi connectivity index (χ3v) is 11.9. The van der Waals surface area contributed by atoms with Crippen LogP contribution in [0.3, 0.4) is 0 Å². The molecule has 0 bridgehead atoms. The lowest BCUT2D eigenvalue weighted by atomic mass is 10.2. The van der Waals surface area contributed by atoms with Crippen LogP contribution < -0.4 is 31.1 Å². The minimum atomic E-state index is -1.11. The number of hydrogen-bond acceptors (Lipinski definition) is 0. The molecule has 0 nitrogen and oxygen atoms in total. The summed E-state index contributed by atoms with van der Waals surface area (Å²) in [6, 6.07) is 51.2. The Bertz CT molecular complexity index is 1120. The van der Waals surface area contributed by atoms with Crippen LogP contribution in [0.5, 0.6) is 0 Å². The molecule has 0 heterocycles. The first kappa shape index (κ1) is 21.4. The smallest absolute Gasteiger partial charge is 0.0624 e. The summed E-state index contributed by atoms with van der Waals surface area (Å²) in [4.78, 5) is 0. The van der Waals surface area contributed by atoms with Crippen molar-refractivity contribution in [1.82, 2.24) is 0 Å². The molecule has 5 aromatic rings. The van der Waals surface area contributed by atoms with Gasteiger partial charge in [0.2, 0.25) is 0 Å². The fourth-order valence-corrected chi connectivity index (χ4v) is 10.2. The molecule has 0 fully saturated rings. The van der Waals surface area contributed by atoms with Gasteiger partial charge in [-0.05, 0) is 17.3 Å². The highest BCUT2D eigenvalue weighted by Crippen LogP contribution is 2.03. The fraction of sp³-hybridized carbons (Fsp3) is 0.0323. The maximum atomic E-state index is 2.36. The molecular weight excluding hydrogens is 429 g/mol. The lowest BCUT2D eigenvalue weighted by molar-refractivity contribution is 1.54. The van der Waals surface area contributed by atoms with Crippen LogP contribution in [-0.4, -0.2) is 17.6 Å². The Kier molecular flexibility index (Phi) is 6.47. The predicted molar refractivity (Wildman–Crippen MR) is 146 cm³/mol. The first-order valence-electron chi connectivity index (χ1n) is 11.4. The number of rotatable bonds is 6. The normalized spacial score (nSPS) is 11.1. The summed E-state index contributed by atoms with van der Waals surface area (Å²) in [5, 5.41) is 8.71. The molecule has 0 atom stereocenters. The molecule has 0 aliphatic rings. The van der Waals surface area contributed by atoms with Gasteiger partial charge in [-0.25, -0.2) is 0 Å². The zero-order valence-corrected chi connectivity index (χ0v) is 20.8. The Morgan fingerprint density at radius 2 is 0.606 bits per heavy atom. The fourth-order valence-electron chi connectivity index (χ4n) is 4.55. The van der Waals surface area contributed by atoms with E-state index in [9.17, 15) is 0 Å². The van der Waals surface area contributed by atoms with E-state index in [4.69, 9.17) is 0 Å². The third kappa shape index (κ3) is 4.54. The van der Waals surface area contributed by atoms with Crippen LogP contribution in [0, 0.1) is 6.92 Å². The molecule has 0 unspecified atom stereocenters. The molecule has 0 spiro atoms. The van der Waals surface area contributed by atoms with Gasteiger partial charge in [0, 0.05) is 0 Å². The largest absolute Gasteiger partial charge is 0.154 e. The lowest BCUT2D eigenvalue weighted by Gasteiger charge is -2.24. The summed E-state index contributed by atoms with van der Waals surface area (Å²) in [5.74, 6) is 0. The topological polar surface area (TPSA) is 0 Å². The molecule has 2 heteroatoms. The van der Waals surface area contributed by atoms with Crippen LogP contribution in [0.25, 0.3) is 0 Å². The second-order valence-electron chi connectivity index (χ2n) is 8.19. The van der Waals surface area contributed by atoms with Gasteiger partial charge in [0.15, 0.2) is 17.6 Å². The Balaban J connectivity index is 1.70. The Hall–Kier alpha value is -3.47. The molecule has 0 aliphatic heterocycles. The van der Waals surface area contributed by atoms with Gasteiger partial charge in [-0.3, -0.25) is 0 Å². The molecule has 0 saturated heterocycles. The van der Waals surface area contributed by atoms with Crippen LogP contribution >= 0.6 is 0 Å². The molecule has 0 amide bonds. The first-order chi connectivity index (χ1) is 16.3. The summed E-state index contributed by atoms with van der Waals surface area (Å²) >= 11 is 0. The van der Waals surface area contributed by atoms with Crippen LogP contribution in [0.1, 0.15) is 5.56 Å². The van der Waals surface area contributed by atoms with Gasteiger partial charge < -0.3 is 0 Å². The van der Waals surface area contributed by atoms with Gasteiger partial charge in [-0.2, -0.15) is 0 Å². The average Bonchev–Trinajstić information content (AvgIpc) is 2.89. The van der Waals surface area contributed by atoms with Crippen molar-refractivity contribution in [3.8, 4) is 0 Å². The summed E-state index contributed by atoms with van der Waals surface area (Å²) in [5.41, 5.74) is 1.45. The van der Waals surface area contributed by atoms with Crippen LogP contribution in [-0.2, 0) is 0 Å². The van der Waals surface area contributed by atoms with E-state index in [0.29, 0.717) is 0 Å². The molecule has 5 aromatic carbocycles. The van der Waals surface area contributed by atoms with Crippen LogP contribution in [0.2, 0.25) is 0 Å². The zero-order valence-electron chi connectivity index (χ0n) is 18.8. The molecule has 2 radical (unpaired) electrons. The predicted octanol–water partition coefficient (Wildman–Crippen LogP) is 3.03. The standard InChI is InChI=1S/C31H26Si2/c1-25-30(32(26-15-6-2-7-16-26)27-17-8-3-9-18-27)23-14-24-31(25)33(28-19-10-4-11-20-28)29-21-12-5-13-22-29/h2-24H,1H3. The number of benzene rings is 5. The Morgan fingerprint density at radius 3 is 0.879 bits per heavy atom. The highest BCUT2D eigenvalue weighted by molar-refractivity contribution is 6.98. The van der Waals surface area contributed by atoms with Gasteiger partial charge in [0.25, 0.3) is 0 Å². The molecule has 0 aromatic heterocycles. The van der Waals surface area contributed by atoms with Crippen molar-refractivity contribution in [2.45, 2.75) is 6.92 Å². The average molecular weight is 455 g/mol. The Labute approximate surface area is 200 Å². The van der Waals surface area contributed by atoms with Crippen molar-refractivity contribution in [1.29, 1.82) is 0 Å². The van der Waals surface area contributed by atoms with E-state index >= 15 is 0 Å². The SMILES string of the molecule is Cc1c([Si](c2ccccc2)c2ccccc2)cccc1[Si](c1ccccc1)c1ccccc1. The van der Waals surface area contributed by atoms with E-state index in [-0.39, 0.29) is 0 Å². The molecule has 5 rings (SSSR count). The molecule has 158 valence electrons. The molecule has 0 aliphatic carbocycles. The quantitative estimate of drug-likeness (QED) is 0.273. The van der Waals surface area contributed by atoms with Crippen molar-refractivity contribution in [3.05, 3.63) is 145 Å². The summed E-state index contributed by atoms with van der Waals surface area (Å²) in [7, 11) is -2.22.